The summed E-state index contributed by atoms with van der Waals surface area (Å²) in [6.07, 6.45) is 56.7. The van der Waals surface area contributed by atoms with Crippen LogP contribution in [0, 0.1) is 0 Å². The molecule has 7 atom stereocenters. The normalized spacial score (nSPS) is 19.6. The Kier molecular flexibility index (Phi) is 47.8. The van der Waals surface area contributed by atoms with E-state index in [0.29, 0.717) is 12.8 Å². The van der Waals surface area contributed by atoms with Gasteiger partial charge < -0.3 is 40.3 Å². The lowest BCUT2D eigenvalue weighted by molar-refractivity contribution is -0.302. The van der Waals surface area contributed by atoms with E-state index < -0.39 is 49.5 Å². The summed E-state index contributed by atoms with van der Waals surface area (Å²) < 4.78 is 11.3. The van der Waals surface area contributed by atoms with Gasteiger partial charge in [-0.3, -0.25) is 4.79 Å². The van der Waals surface area contributed by atoms with Crippen molar-refractivity contribution in [1.29, 1.82) is 0 Å². The highest BCUT2D eigenvalue weighted by Gasteiger charge is 2.44. The van der Waals surface area contributed by atoms with E-state index in [4.69, 9.17) is 9.47 Å². The first-order chi connectivity index (χ1) is 33.8. The van der Waals surface area contributed by atoms with Gasteiger partial charge in [0.15, 0.2) is 6.29 Å². The molecule has 0 saturated carbocycles. The molecule has 1 aliphatic heterocycles. The molecular formula is C60H115NO8. The third-order valence-electron chi connectivity index (χ3n) is 14.6. The van der Waals surface area contributed by atoms with E-state index in [0.717, 1.165) is 44.9 Å². The molecule has 6 N–H and O–H groups in total. The number of aliphatic hydroxyl groups is 5. The first-order valence-electron chi connectivity index (χ1n) is 30.0. The molecule has 1 rings (SSSR count). The summed E-state index contributed by atoms with van der Waals surface area (Å²) in [6.45, 7) is 3.84. The highest BCUT2D eigenvalue weighted by Crippen LogP contribution is 2.23. The minimum absolute atomic E-state index is 0.134. The van der Waals surface area contributed by atoms with Crippen molar-refractivity contribution < 1.29 is 39.8 Å². The molecule has 0 aromatic rings. The Bertz CT molecular complexity index is 1130. The third-order valence-corrected chi connectivity index (χ3v) is 14.6. The van der Waals surface area contributed by atoms with Crippen molar-refractivity contribution in [3.05, 3.63) is 24.3 Å². The highest BCUT2D eigenvalue weighted by molar-refractivity contribution is 5.76. The fourth-order valence-corrected chi connectivity index (χ4v) is 9.78. The smallest absolute Gasteiger partial charge is 0.220 e. The zero-order chi connectivity index (χ0) is 50.1. The number of rotatable bonds is 52. The maximum atomic E-state index is 13.0. The van der Waals surface area contributed by atoms with Crippen LogP contribution in [0.3, 0.4) is 0 Å². The molecule has 0 bridgehead atoms. The van der Waals surface area contributed by atoms with E-state index in [2.05, 4.69) is 43.5 Å². The lowest BCUT2D eigenvalue weighted by atomic mass is 9.99. The summed E-state index contributed by atoms with van der Waals surface area (Å²) in [6, 6.07) is -0.714. The van der Waals surface area contributed by atoms with Crippen molar-refractivity contribution in [3.8, 4) is 0 Å². The Hall–Kier alpha value is -1.33. The van der Waals surface area contributed by atoms with Crippen LogP contribution >= 0.6 is 0 Å². The number of allylic oxidation sites excluding steroid dienone is 4. The van der Waals surface area contributed by atoms with Crippen LogP contribution in [0.4, 0.5) is 0 Å². The first kappa shape index (κ1) is 65.7. The topological polar surface area (TPSA) is 149 Å². The molecule has 0 aromatic carbocycles. The van der Waals surface area contributed by atoms with Crippen molar-refractivity contribution in [2.75, 3.05) is 13.2 Å². The van der Waals surface area contributed by atoms with Gasteiger partial charge in [0.05, 0.1) is 25.4 Å². The van der Waals surface area contributed by atoms with Crippen molar-refractivity contribution in [1.82, 2.24) is 5.32 Å². The van der Waals surface area contributed by atoms with Crippen molar-refractivity contribution in [3.63, 3.8) is 0 Å². The summed E-state index contributed by atoms with van der Waals surface area (Å²) in [5.74, 6) is -0.140. The average Bonchev–Trinajstić information content (AvgIpc) is 3.35. The van der Waals surface area contributed by atoms with Crippen LogP contribution in [0.2, 0.25) is 0 Å². The molecule has 9 heteroatoms. The monoisotopic (exact) mass is 978 g/mol. The molecule has 1 saturated heterocycles. The zero-order valence-corrected chi connectivity index (χ0v) is 45.3. The minimum atomic E-state index is -1.55. The number of unbranched alkanes of at least 4 members (excludes halogenated alkanes) is 38. The van der Waals surface area contributed by atoms with Crippen LogP contribution < -0.4 is 5.32 Å². The summed E-state index contributed by atoms with van der Waals surface area (Å²) in [5.41, 5.74) is 0. The lowest BCUT2D eigenvalue weighted by Crippen LogP contribution is -2.60. The zero-order valence-electron chi connectivity index (χ0n) is 45.3. The molecule has 1 heterocycles. The van der Waals surface area contributed by atoms with Crippen molar-refractivity contribution in [2.45, 2.75) is 339 Å². The number of hydrogen-bond donors (Lipinski definition) is 6. The predicted octanol–water partition coefficient (Wildman–Crippen LogP) is 15.0. The van der Waals surface area contributed by atoms with Gasteiger partial charge in [-0.25, -0.2) is 0 Å². The number of aliphatic hydroxyl groups excluding tert-OH is 5. The van der Waals surface area contributed by atoms with Gasteiger partial charge in [0.25, 0.3) is 0 Å². The second kappa shape index (κ2) is 50.2. The maximum Gasteiger partial charge on any atom is 0.220 e. The Balaban J connectivity index is 2.04. The van der Waals surface area contributed by atoms with Gasteiger partial charge in [0.2, 0.25) is 5.91 Å². The summed E-state index contributed by atoms with van der Waals surface area (Å²) >= 11 is 0. The molecule has 69 heavy (non-hydrogen) atoms. The number of amides is 1. The molecule has 1 aliphatic rings. The van der Waals surface area contributed by atoms with E-state index in [1.165, 1.54) is 225 Å². The Morgan fingerprint density at radius 3 is 1.25 bits per heavy atom. The first-order valence-corrected chi connectivity index (χ1v) is 30.0. The Morgan fingerprint density at radius 2 is 0.855 bits per heavy atom. The molecule has 0 aromatic heterocycles. The molecule has 1 fully saturated rings. The molecule has 0 spiro atoms. The second-order valence-electron chi connectivity index (χ2n) is 21.1. The minimum Gasteiger partial charge on any atom is -0.394 e. The highest BCUT2D eigenvalue weighted by atomic mass is 16.7. The van der Waals surface area contributed by atoms with Crippen LogP contribution in [-0.4, -0.2) is 87.5 Å². The van der Waals surface area contributed by atoms with Crippen LogP contribution in [0.1, 0.15) is 296 Å². The van der Waals surface area contributed by atoms with E-state index in [1.54, 1.807) is 0 Å². The van der Waals surface area contributed by atoms with Crippen molar-refractivity contribution >= 4 is 5.91 Å². The number of hydrogen-bond acceptors (Lipinski definition) is 8. The number of carbonyl (C=O) groups is 1. The molecule has 9 nitrogen and oxygen atoms in total. The van der Waals surface area contributed by atoms with E-state index in [1.807, 2.05) is 0 Å². The van der Waals surface area contributed by atoms with Crippen LogP contribution in [0.25, 0.3) is 0 Å². The van der Waals surface area contributed by atoms with Crippen LogP contribution in [-0.2, 0) is 14.3 Å². The largest absolute Gasteiger partial charge is 0.394 e. The van der Waals surface area contributed by atoms with Gasteiger partial charge in [-0.15, -0.1) is 0 Å². The van der Waals surface area contributed by atoms with Gasteiger partial charge in [-0.05, 0) is 44.9 Å². The molecule has 0 aliphatic carbocycles. The molecular weight excluding hydrogens is 863 g/mol. The molecule has 408 valence electrons. The van der Waals surface area contributed by atoms with Crippen LogP contribution in [0.5, 0.6) is 0 Å². The lowest BCUT2D eigenvalue weighted by Gasteiger charge is -2.40. The maximum absolute atomic E-state index is 13.0. The standard InChI is InChI=1S/C60H115NO8/c1-3-5-7-9-11-13-15-16-17-18-19-20-21-22-23-24-25-26-27-28-29-30-31-32-33-34-35-36-37-38-40-42-44-46-48-50-56(64)61-53(52-68-60-59(67)58(66)57(65)55(51-62)69-60)54(63)49-47-45-43-41-39-14-12-10-8-6-4-2/h15-16,18-19,53-55,57-60,62-63,65-67H,3-14,17,20-52H2,1-2H3,(H,61,64)/b16-15-,19-18-. The fourth-order valence-electron chi connectivity index (χ4n) is 9.78. The van der Waals surface area contributed by atoms with Gasteiger partial charge in [0, 0.05) is 6.42 Å². The average molecular weight is 979 g/mol. The van der Waals surface area contributed by atoms with Crippen LogP contribution in [0.15, 0.2) is 24.3 Å². The van der Waals surface area contributed by atoms with Gasteiger partial charge in [-0.2, -0.15) is 0 Å². The van der Waals surface area contributed by atoms with E-state index in [9.17, 15) is 30.3 Å². The SMILES string of the molecule is CCCCCCC/C=C\C/C=C\CCCCCCCCCCCCCCCCCCCCCCCCCC(=O)NC(COC1OC(CO)C(O)C(O)C1O)C(O)CCCCCCCCCCCCC. The van der Waals surface area contributed by atoms with E-state index in [-0.39, 0.29) is 12.5 Å². The molecule has 1 amide bonds. The summed E-state index contributed by atoms with van der Waals surface area (Å²) in [4.78, 5) is 13.0. The van der Waals surface area contributed by atoms with Gasteiger partial charge in [0.1, 0.15) is 24.4 Å². The second-order valence-corrected chi connectivity index (χ2v) is 21.1. The summed E-state index contributed by atoms with van der Waals surface area (Å²) in [5, 5.41) is 54.5. The number of nitrogens with one attached hydrogen (secondary N) is 1. The number of ether oxygens (including phenoxy) is 2. The van der Waals surface area contributed by atoms with Gasteiger partial charge >= 0.3 is 0 Å². The quantitative estimate of drug-likeness (QED) is 0.0261. The van der Waals surface area contributed by atoms with E-state index >= 15 is 0 Å². The summed E-state index contributed by atoms with van der Waals surface area (Å²) in [7, 11) is 0. The fraction of sp³-hybridized carbons (Fsp3) is 0.917. The third kappa shape index (κ3) is 39.8. The van der Waals surface area contributed by atoms with Crippen molar-refractivity contribution in [2.24, 2.45) is 0 Å². The van der Waals surface area contributed by atoms with Gasteiger partial charge in [-0.1, -0.05) is 269 Å². The Morgan fingerprint density at radius 1 is 0.493 bits per heavy atom. The predicted molar refractivity (Wildman–Crippen MR) is 290 cm³/mol. The molecule has 0 radical (unpaired) electrons. The number of carbonyl (C=O) groups excluding carboxylic acids is 1. The Labute approximate surface area is 426 Å². The molecule has 7 unspecified atom stereocenters.